The molecule has 0 fully saturated rings. The molecule has 1 aromatic heterocycles. The van der Waals surface area contributed by atoms with E-state index in [-0.39, 0.29) is 0 Å². The van der Waals surface area contributed by atoms with Crippen LogP contribution in [0, 0.1) is 5.92 Å². The predicted octanol–water partition coefficient (Wildman–Crippen LogP) is 3.05. The summed E-state index contributed by atoms with van der Waals surface area (Å²) in [5, 5.41) is 11.5. The van der Waals surface area contributed by atoms with Gasteiger partial charge in [0.05, 0.1) is 6.20 Å². The first-order valence-electron chi connectivity index (χ1n) is 7.38. The van der Waals surface area contributed by atoms with Gasteiger partial charge in [-0.1, -0.05) is 49.4 Å². The topological polar surface area (TPSA) is 42.7 Å². The lowest BCUT2D eigenvalue weighted by atomic mass is 9.97. The molecule has 108 valence electrons. The van der Waals surface area contributed by atoms with Gasteiger partial charge in [0.15, 0.2) is 0 Å². The Labute approximate surface area is 121 Å². The molecule has 1 N–H and O–H groups in total. The molecule has 0 aliphatic carbocycles. The summed E-state index contributed by atoms with van der Waals surface area (Å²) in [5.74, 6) is 0.683. The van der Waals surface area contributed by atoms with Crippen molar-refractivity contribution < 1.29 is 0 Å². The van der Waals surface area contributed by atoms with Crippen LogP contribution >= 0.6 is 0 Å². The minimum Gasteiger partial charge on any atom is -0.310 e. The molecule has 0 amide bonds. The summed E-state index contributed by atoms with van der Waals surface area (Å²) in [6.45, 7) is 6.45. The average molecular weight is 272 g/mol. The second-order valence-electron chi connectivity index (χ2n) is 5.57. The van der Waals surface area contributed by atoms with Gasteiger partial charge in [-0.05, 0) is 30.9 Å². The summed E-state index contributed by atoms with van der Waals surface area (Å²) in [7, 11) is 0. The third kappa shape index (κ3) is 4.78. The molecule has 0 spiro atoms. The van der Waals surface area contributed by atoms with Crippen LogP contribution in [0.1, 0.15) is 38.3 Å². The zero-order valence-corrected chi connectivity index (χ0v) is 12.4. The van der Waals surface area contributed by atoms with E-state index < -0.39 is 0 Å². The molecule has 1 aromatic carbocycles. The normalized spacial score (nSPS) is 12.8. The second kappa shape index (κ2) is 7.80. The second-order valence-corrected chi connectivity index (χ2v) is 5.57. The van der Waals surface area contributed by atoms with E-state index in [0.717, 1.165) is 25.9 Å². The fraction of sp³-hybridized carbons (Fsp3) is 0.500. The average Bonchev–Trinajstić information content (AvgIpc) is 2.96. The maximum atomic E-state index is 3.98. The third-order valence-corrected chi connectivity index (χ3v) is 3.34. The molecular formula is C16H24N4. The number of hydrogen-bond donors (Lipinski definition) is 1. The van der Waals surface area contributed by atoms with Crippen LogP contribution in [-0.4, -0.2) is 21.5 Å². The number of benzene rings is 1. The largest absolute Gasteiger partial charge is 0.310 e. The van der Waals surface area contributed by atoms with Crippen LogP contribution in [0.3, 0.4) is 0 Å². The Morgan fingerprint density at radius 3 is 2.65 bits per heavy atom. The van der Waals surface area contributed by atoms with Crippen LogP contribution < -0.4 is 5.32 Å². The van der Waals surface area contributed by atoms with Gasteiger partial charge in [-0.25, -0.2) is 0 Å². The van der Waals surface area contributed by atoms with E-state index in [1.165, 1.54) is 5.56 Å². The molecule has 2 rings (SSSR count). The Hall–Kier alpha value is -1.68. The summed E-state index contributed by atoms with van der Waals surface area (Å²) >= 11 is 0. The number of nitrogens with one attached hydrogen (secondary N) is 1. The highest BCUT2D eigenvalue weighted by Crippen LogP contribution is 2.20. The molecule has 0 saturated heterocycles. The highest BCUT2D eigenvalue weighted by atomic mass is 15.4. The monoisotopic (exact) mass is 272 g/mol. The first-order chi connectivity index (χ1) is 9.75. The van der Waals surface area contributed by atoms with E-state index in [2.05, 4.69) is 59.8 Å². The van der Waals surface area contributed by atoms with Crippen molar-refractivity contribution in [2.24, 2.45) is 5.92 Å². The third-order valence-electron chi connectivity index (χ3n) is 3.34. The highest BCUT2D eigenvalue weighted by Gasteiger charge is 2.12. The summed E-state index contributed by atoms with van der Waals surface area (Å²) in [4.78, 5) is 0. The van der Waals surface area contributed by atoms with Crippen LogP contribution in [0.25, 0.3) is 0 Å². The SMILES string of the molecule is CC(C)CC(NCCCn1ccnn1)c1ccccc1. The van der Waals surface area contributed by atoms with Gasteiger partial charge in [0, 0.05) is 18.8 Å². The zero-order chi connectivity index (χ0) is 14.2. The van der Waals surface area contributed by atoms with Crippen LogP contribution in [0.2, 0.25) is 0 Å². The fourth-order valence-electron chi connectivity index (χ4n) is 2.36. The minimum atomic E-state index is 0.437. The van der Waals surface area contributed by atoms with Crippen molar-refractivity contribution in [2.45, 2.75) is 39.3 Å². The van der Waals surface area contributed by atoms with Gasteiger partial charge >= 0.3 is 0 Å². The Balaban J connectivity index is 1.82. The van der Waals surface area contributed by atoms with Crippen molar-refractivity contribution in [3.63, 3.8) is 0 Å². The standard InChI is InChI=1S/C16H24N4/c1-14(2)13-16(15-7-4-3-5-8-15)17-9-6-11-20-12-10-18-19-20/h3-5,7-8,10,12,14,16-17H,6,9,11,13H2,1-2H3. The Morgan fingerprint density at radius 2 is 2.00 bits per heavy atom. The molecule has 20 heavy (non-hydrogen) atoms. The lowest BCUT2D eigenvalue weighted by Gasteiger charge is -2.21. The summed E-state index contributed by atoms with van der Waals surface area (Å²) in [6, 6.07) is 11.1. The van der Waals surface area contributed by atoms with Crippen molar-refractivity contribution in [3.8, 4) is 0 Å². The lowest BCUT2D eigenvalue weighted by Crippen LogP contribution is -2.24. The number of nitrogens with zero attached hydrogens (tertiary/aromatic N) is 3. The van der Waals surface area contributed by atoms with Crippen LogP contribution in [0.4, 0.5) is 0 Å². The van der Waals surface area contributed by atoms with Gasteiger partial charge in [-0.3, -0.25) is 4.68 Å². The minimum absolute atomic E-state index is 0.437. The smallest absolute Gasteiger partial charge is 0.0692 e. The van der Waals surface area contributed by atoms with Gasteiger partial charge < -0.3 is 5.32 Å². The molecule has 2 aromatic rings. The molecule has 0 bridgehead atoms. The van der Waals surface area contributed by atoms with Crippen LogP contribution in [0.5, 0.6) is 0 Å². The van der Waals surface area contributed by atoms with E-state index in [1.807, 2.05) is 10.9 Å². The molecule has 1 atom stereocenters. The van der Waals surface area contributed by atoms with Crippen molar-refractivity contribution in [1.29, 1.82) is 0 Å². The molecule has 1 unspecified atom stereocenters. The van der Waals surface area contributed by atoms with Gasteiger partial charge in [0.2, 0.25) is 0 Å². The van der Waals surface area contributed by atoms with Crippen LogP contribution in [-0.2, 0) is 6.54 Å². The number of rotatable bonds is 8. The zero-order valence-electron chi connectivity index (χ0n) is 12.4. The molecule has 4 heteroatoms. The van der Waals surface area contributed by atoms with E-state index in [4.69, 9.17) is 0 Å². The molecule has 0 aliphatic rings. The molecule has 0 aliphatic heterocycles. The number of aromatic nitrogens is 3. The van der Waals surface area contributed by atoms with Crippen molar-refractivity contribution in [2.75, 3.05) is 6.54 Å². The van der Waals surface area contributed by atoms with E-state index in [0.29, 0.717) is 12.0 Å². The maximum absolute atomic E-state index is 3.98. The van der Waals surface area contributed by atoms with Gasteiger partial charge in [0.1, 0.15) is 0 Å². The summed E-state index contributed by atoms with van der Waals surface area (Å²) in [6.07, 6.45) is 5.85. The summed E-state index contributed by atoms with van der Waals surface area (Å²) in [5.41, 5.74) is 1.38. The first-order valence-corrected chi connectivity index (χ1v) is 7.38. The predicted molar refractivity (Wildman–Crippen MR) is 81.3 cm³/mol. The van der Waals surface area contributed by atoms with E-state index in [9.17, 15) is 0 Å². The first kappa shape index (κ1) is 14.7. The lowest BCUT2D eigenvalue weighted by molar-refractivity contribution is 0.416. The molecule has 0 radical (unpaired) electrons. The van der Waals surface area contributed by atoms with E-state index >= 15 is 0 Å². The highest BCUT2D eigenvalue weighted by molar-refractivity contribution is 5.18. The maximum Gasteiger partial charge on any atom is 0.0692 e. The Morgan fingerprint density at radius 1 is 1.20 bits per heavy atom. The Bertz CT molecular complexity index is 464. The number of aryl methyl sites for hydroxylation is 1. The number of hydrogen-bond acceptors (Lipinski definition) is 3. The summed E-state index contributed by atoms with van der Waals surface area (Å²) < 4.78 is 1.88. The van der Waals surface area contributed by atoms with Crippen molar-refractivity contribution in [1.82, 2.24) is 20.3 Å². The van der Waals surface area contributed by atoms with Crippen molar-refractivity contribution in [3.05, 3.63) is 48.3 Å². The molecular weight excluding hydrogens is 248 g/mol. The van der Waals surface area contributed by atoms with Gasteiger partial charge in [-0.15, -0.1) is 5.10 Å². The van der Waals surface area contributed by atoms with Crippen LogP contribution in [0.15, 0.2) is 42.7 Å². The quantitative estimate of drug-likeness (QED) is 0.751. The molecule has 0 saturated carbocycles. The molecule has 4 nitrogen and oxygen atoms in total. The van der Waals surface area contributed by atoms with Gasteiger partial charge in [-0.2, -0.15) is 0 Å². The fourth-order valence-corrected chi connectivity index (χ4v) is 2.36. The molecule has 1 heterocycles. The van der Waals surface area contributed by atoms with Gasteiger partial charge in [0.25, 0.3) is 0 Å². The Kier molecular flexibility index (Phi) is 5.74. The van der Waals surface area contributed by atoms with Crippen molar-refractivity contribution >= 4 is 0 Å². The van der Waals surface area contributed by atoms with E-state index in [1.54, 1.807) is 6.20 Å².